The molecule has 0 aliphatic carbocycles. The lowest BCUT2D eigenvalue weighted by atomic mass is 10.1. The molecule has 0 spiro atoms. The maximum atomic E-state index is 9.97. The van der Waals surface area contributed by atoms with Crippen LogP contribution in [0.15, 0.2) is 35.5 Å². The summed E-state index contributed by atoms with van der Waals surface area (Å²) in [5.41, 5.74) is 2.25. The number of isocyanates is 1. The minimum Gasteiger partial charge on any atom is -0.211 e. The predicted molar refractivity (Wildman–Crippen MR) is 49.6 cm³/mol. The van der Waals surface area contributed by atoms with Crippen LogP contribution in [0.5, 0.6) is 0 Å². The summed E-state index contributed by atoms with van der Waals surface area (Å²) in [6.45, 7) is 0. The lowest BCUT2D eigenvalue weighted by Gasteiger charge is -1.94. The van der Waals surface area contributed by atoms with Gasteiger partial charge >= 0.3 is 0 Å². The summed E-state index contributed by atoms with van der Waals surface area (Å²) in [5.74, 6) is 0. The van der Waals surface area contributed by atoms with Gasteiger partial charge in [-0.05, 0) is 12.1 Å². The molecule has 0 atom stereocenters. The maximum absolute atomic E-state index is 9.97. The van der Waals surface area contributed by atoms with Crippen molar-refractivity contribution in [1.82, 2.24) is 15.4 Å². The second-order valence-electron chi connectivity index (χ2n) is 2.61. The highest BCUT2D eigenvalue weighted by Crippen LogP contribution is 2.19. The fourth-order valence-corrected chi connectivity index (χ4v) is 1.10. The highest BCUT2D eigenvalue weighted by molar-refractivity contribution is 5.61. The fraction of sp³-hybridized carbons (Fsp3) is 0. The third kappa shape index (κ3) is 1.57. The molecule has 0 saturated carbocycles. The number of hydrogen-bond donors (Lipinski definition) is 1. The van der Waals surface area contributed by atoms with Gasteiger partial charge in [0.15, 0.2) is 0 Å². The Kier molecular flexibility index (Phi) is 2.17. The molecular formula is C9H6N4O. The normalized spacial score (nSPS) is 9.43. The molecule has 0 aliphatic heterocycles. The number of aliphatic imine (C=N–C) groups is 1. The molecule has 1 aromatic carbocycles. The number of nitrogens with zero attached hydrogens (tertiary/aromatic N) is 3. The van der Waals surface area contributed by atoms with E-state index in [4.69, 9.17) is 0 Å². The number of benzene rings is 1. The Morgan fingerprint density at radius 1 is 1.29 bits per heavy atom. The first-order chi connectivity index (χ1) is 6.90. The number of hydrogen-bond acceptors (Lipinski definition) is 4. The largest absolute Gasteiger partial charge is 0.240 e. The quantitative estimate of drug-likeness (QED) is 0.569. The van der Waals surface area contributed by atoms with Gasteiger partial charge in [0.1, 0.15) is 5.69 Å². The van der Waals surface area contributed by atoms with Gasteiger partial charge < -0.3 is 0 Å². The standard InChI is InChI=1S/C9H6N4O/c14-6-10-8-3-1-7(2-4-8)9-5-11-13-12-9/h1-5H,(H,11,12,13). The van der Waals surface area contributed by atoms with Gasteiger partial charge in [0.25, 0.3) is 0 Å². The lowest BCUT2D eigenvalue weighted by molar-refractivity contribution is 0.565. The van der Waals surface area contributed by atoms with Crippen LogP contribution in [0, 0.1) is 0 Å². The summed E-state index contributed by atoms with van der Waals surface area (Å²) in [6, 6.07) is 7.06. The van der Waals surface area contributed by atoms with Gasteiger partial charge in [-0.3, -0.25) is 0 Å². The van der Waals surface area contributed by atoms with Crippen LogP contribution in [-0.4, -0.2) is 21.5 Å². The summed E-state index contributed by atoms with van der Waals surface area (Å²) < 4.78 is 0. The monoisotopic (exact) mass is 186 g/mol. The molecule has 0 unspecified atom stereocenters. The number of aromatic amines is 1. The van der Waals surface area contributed by atoms with E-state index in [1.807, 2.05) is 12.1 Å². The zero-order valence-corrected chi connectivity index (χ0v) is 7.14. The molecule has 0 amide bonds. The molecule has 0 fully saturated rings. The molecule has 5 nitrogen and oxygen atoms in total. The number of nitrogens with one attached hydrogen (secondary N) is 1. The van der Waals surface area contributed by atoms with E-state index < -0.39 is 0 Å². The number of rotatable bonds is 2. The number of H-pyrrole nitrogens is 1. The molecule has 14 heavy (non-hydrogen) atoms. The molecule has 68 valence electrons. The molecule has 1 aromatic heterocycles. The van der Waals surface area contributed by atoms with Crippen LogP contribution in [0.1, 0.15) is 0 Å². The molecule has 1 heterocycles. The van der Waals surface area contributed by atoms with Crippen LogP contribution in [0.25, 0.3) is 11.3 Å². The summed E-state index contributed by atoms with van der Waals surface area (Å²) in [5, 5.41) is 10.1. The van der Waals surface area contributed by atoms with Gasteiger partial charge in [0.05, 0.1) is 11.9 Å². The van der Waals surface area contributed by atoms with E-state index in [0.29, 0.717) is 5.69 Å². The second kappa shape index (κ2) is 3.64. The van der Waals surface area contributed by atoms with Gasteiger partial charge in [-0.1, -0.05) is 12.1 Å². The SMILES string of the molecule is O=C=Nc1ccc(-c2cn[nH]n2)cc1. The van der Waals surface area contributed by atoms with Gasteiger partial charge in [-0.25, -0.2) is 4.79 Å². The molecule has 2 aromatic rings. The van der Waals surface area contributed by atoms with Crippen LogP contribution in [0.4, 0.5) is 5.69 Å². The van der Waals surface area contributed by atoms with Crippen LogP contribution in [-0.2, 0) is 4.79 Å². The van der Waals surface area contributed by atoms with E-state index in [0.717, 1.165) is 11.3 Å². The van der Waals surface area contributed by atoms with Crippen molar-refractivity contribution in [1.29, 1.82) is 0 Å². The second-order valence-corrected chi connectivity index (χ2v) is 2.61. The third-order valence-electron chi connectivity index (χ3n) is 1.75. The summed E-state index contributed by atoms with van der Waals surface area (Å²) >= 11 is 0. The highest BCUT2D eigenvalue weighted by Gasteiger charge is 1.99. The van der Waals surface area contributed by atoms with E-state index >= 15 is 0 Å². The number of aromatic nitrogens is 3. The molecule has 0 radical (unpaired) electrons. The third-order valence-corrected chi connectivity index (χ3v) is 1.75. The summed E-state index contributed by atoms with van der Waals surface area (Å²) in [7, 11) is 0. The Hall–Kier alpha value is -2.26. The summed E-state index contributed by atoms with van der Waals surface area (Å²) in [4.78, 5) is 13.4. The smallest absolute Gasteiger partial charge is 0.211 e. The van der Waals surface area contributed by atoms with E-state index in [1.165, 1.54) is 6.08 Å². The average Bonchev–Trinajstić information content (AvgIpc) is 2.72. The van der Waals surface area contributed by atoms with Crippen molar-refractivity contribution in [3.63, 3.8) is 0 Å². The van der Waals surface area contributed by atoms with Crippen LogP contribution in [0.2, 0.25) is 0 Å². The van der Waals surface area contributed by atoms with Gasteiger partial charge in [0.2, 0.25) is 6.08 Å². The van der Waals surface area contributed by atoms with Crippen LogP contribution < -0.4 is 0 Å². The molecule has 2 rings (SSSR count). The van der Waals surface area contributed by atoms with E-state index in [9.17, 15) is 4.79 Å². The van der Waals surface area contributed by atoms with Crippen molar-refractivity contribution in [2.24, 2.45) is 4.99 Å². The average molecular weight is 186 g/mol. The Bertz CT molecular complexity index is 454. The van der Waals surface area contributed by atoms with E-state index in [2.05, 4.69) is 20.4 Å². The fourth-order valence-electron chi connectivity index (χ4n) is 1.10. The Morgan fingerprint density at radius 3 is 2.64 bits per heavy atom. The van der Waals surface area contributed by atoms with Crippen molar-refractivity contribution in [3.8, 4) is 11.3 Å². The Morgan fingerprint density at radius 2 is 2.07 bits per heavy atom. The zero-order valence-electron chi connectivity index (χ0n) is 7.14. The van der Waals surface area contributed by atoms with Crippen molar-refractivity contribution in [2.45, 2.75) is 0 Å². The van der Waals surface area contributed by atoms with E-state index in [-0.39, 0.29) is 0 Å². The molecule has 0 aliphatic rings. The first-order valence-electron chi connectivity index (χ1n) is 3.94. The molecule has 1 N–H and O–H groups in total. The molecular weight excluding hydrogens is 180 g/mol. The number of carbonyl (C=O) groups excluding carboxylic acids is 1. The lowest BCUT2D eigenvalue weighted by Crippen LogP contribution is -1.76. The molecule has 0 saturated heterocycles. The van der Waals surface area contributed by atoms with Crippen molar-refractivity contribution >= 4 is 11.8 Å². The first-order valence-corrected chi connectivity index (χ1v) is 3.94. The van der Waals surface area contributed by atoms with Crippen LogP contribution in [0.3, 0.4) is 0 Å². The van der Waals surface area contributed by atoms with Crippen molar-refractivity contribution in [2.75, 3.05) is 0 Å². The summed E-state index contributed by atoms with van der Waals surface area (Å²) in [6.07, 6.45) is 3.10. The highest BCUT2D eigenvalue weighted by atomic mass is 16.1. The van der Waals surface area contributed by atoms with Crippen LogP contribution >= 0.6 is 0 Å². The molecule has 5 heteroatoms. The predicted octanol–water partition coefficient (Wildman–Crippen LogP) is 1.44. The Balaban J connectivity index is 2.35. The zero-order chi connectivity index (χ0) is 9.80. The van der Waals surface area contributed by atoms with Gasteiger partial charge in [0, 0.05) is 5.56 Å². The van der Waals surface area contributed by atoms with Gasteiger partial charge in [-0.15, -0.1) is 0 Å². The first kappa shape index (κ1) is 8.34. The topological polar surface area (TPSA) is 71.0 Å². The minimum absolute atomic E-state index is 0.576. The minimum atomic E-state index is 0.576. The van der Waals surface area contributed by atoms with Crippen molar-refractivity contribution < 1.29 is 4.79 Å². The van der Waals surface area contributed by atoms with E-state index in [1.54, 1.807) is 18.3 Å². The Labute approximate surface area is 79.5 Å². The van der Waals surface area contributed by atoms with Crippen molar-refractivity contribution in [3.05, 3.63) is 30.5 Å². The van der Waals surface area contributed by atoms with Gasteiger partial charge in [-0.2, -0.15) is 20.4 Å². The molecule has 0 bridgehead atoms. The maximum Gasteiger partial charge on any atom is 0.240 e.